The molecule has 0 amide bonds. The van der Waals surface area contributed by atoms with E-state index in [0.717, 1.165) is 0 Å². The third-order valence-electron chi connectivity index (χ3n) is 2.91. The van der Waals surface area contributed by atoms with Crippen molar-refractivity contribution in [3.05, 3.63) is 64.4 Å². The van der Waals surface area contributed by atoms with E-state index in [2.05, 4.69) is 0 Å². The maximum absolute atomic E-state index is 12.8. The number of phenols is 1. The van der Waals surface area contributed by atoms with E-state index in [-0.39, 0.29) is 22.3 Å². The smallest absolute Gasteiger partial charge is 0.185 e. The number of aromatic hydroxyl groups is 1. The summed E-state index contributed by atoms with van der Waals surface area (Å²) in [5, 5.41) is 9.89. The molecule has 0 saturated carbocycles. The second-order valence-electron chi connectivity index (χ2n) is 4.49. The van der Waals surface area contributed by atoms with Gasteiger partial charge in [0.2, 0.25) is 0 Å². The maximum Gasteiger partial charge on any atom is 0.185 e. The Balaban J connectivity index is 2.22. The Morgan fingerprint density at radius 3 is 2.64 bits per heavy atom. The molecule has 0 aromatic heterocycles. The first-order valence-corrected chi connectivity index (χ1v) is 7.02. The van der Waals surface area contributed by atoms with E-state index in [0.29, 0.717) is 17.7 Å². The fourth-order valence-corrected chi connectivity index (χ4v) is 2.06. The number of ketones is 1. The Morgan fingerprint density at radius 1 is 1.32 bits per heavy atom. The highest BCUT2D eigenvalue weighted by Gasteiger charge is 2.09. The SMILES string of the molecule is CCOc1cc(C=CC(=O)c2ccc(F)cc2)cc(Cl)c1O. The van der Waals surface area contributed by atoms with Crippen LogP contribution in [0.3, 0.4) is 0 Å². The van der Waals surface area contributed by atoms with Gasteiger partial charge in [-0.05, 0) is 55.0 Å². The molecule has 114 valence electrons. The Kier molecular flexibility index (Phi) is 5.17. The summed E-state index contributed by atoms with van der Waals surface area (Å²) in [7, 11) is 0. The predicted octanol–water partition coefficient (Wildman–Crippen LogP) is 4.48. The number of ether oxygens (including phenoxy) is 1. The maximum atomic E-state index is 12.8. The molecule has 22 heavy (non-hydrogen) atoms. The molecule has 0 unspecified atom stereocenters. The van der Waals surface area contributed by atoms with Crippen LogP contribution in [-0.4, -0.2) is 17.5 Å². The molecule has 2 aromatic carbocycles. The van der Waals surface area contributed by atoms with Gasteiger partial charge >= 0.3 is 0 Å². The quantitative estimate of drug-likeness (QED) is 0.652. The molecule has 0 radical (unpaired) electrons. The van der Waals surface area contributed by atoms with Gasteiger partial charge in [0.25, 0.3) is 0 Å². The molecule has 0 atom stereocenters. The second kappa shape index (κ2) is 7.09. The van der Waals surface area contributed by atoms with Crippen LogP contribution in [0.4, 0.5) is 4.39 Å². The molecular weight excluding hydrogens is 307 g/mol. The van der Waals surface area contributed by atoms with Gasteiger partial charge in [-0.1, -0.05) is 17.7 Å². The van der Waals surface area contributed by atoms with Crippen molar-refractivity contribution in [3.63, 3.8) is 0 Å². The first-order chi connectivity index (χ1) is 10.5. The molecule has 0 bridgehead atoms. The zero-order valence-electron chi connectivity index (χ0n) is 11.8. The van der Waals surface area contributed by atoms with Gasteiger partial charge < -0.3 is 9.84 Å². The number of rotatable bonds is 5. The van der Waals surface area contributed by atoms with Gasteiger partial charge in [0.1, 0.15) is 5.82 Å². The van der Waals surface area contributed by atoms with Gasteiger partial charge in [0.15, 0.2) is 17.3 Å². The lowest BCUT2D eigenvalue weighted by molar-refractivity contribution is 0.104. The zero-order valence-corrected chi connectivity index (χ0v) is 12.6. The molecule has 0 saturated heterocycles. The summed E-state index contributed by atoms with van der Waals surface area (Å²) < 4.78 is 18.1. The van der Waals surface area contributed by atoms with Crippen molar-refractivity contribution in [1.29, 1.82) is 0 Å². The minimum atomic E-state index is -0.396. The van der Waals surface area contributed by atoms with Crippen molar-refractivity contribution in [2.45, 2.75) is 6.92 Å². The average Bonchev–Trinajstić information content (AvgIpc) is 2.50. The first-order valence-electron chi connectivity index (χ1n) is 6.64. The molecule has 1 N–H and O–H groups in total. The summed E-state index contributed by atoms with van der Waals surface area (Å²) in [6.45, 7) is 2.17. The molecule has 0 fully saturated rings. The molecule has 0 aliphatic heterocycles. The number of benzene rings is 2. The second-order valence-corrected chi connectivity index (χ2v) is 4.89. The van der Waals surface area contributed by atoms with Crippen LogP contribution in [-0.2, 0) is 0 Å². The van der Waals surface area contributed by atoms with Crippen molar-refractivity contribution < 1.29 is 19.0 Å². The molecule has 0 heterocycles. The summed E-state index contributed by atoms with van der Waals surface area (Å²) in [5.41, 5.74) is 0.995. The molecule has 5 heteroatoms. The third kappa shape index (κ3) is 3.86. The summed E-state index contributed by atoms with van der Waals surface area (Å²) in [6, 6.07) is 8.39. The summed E-state index contributed by atoms with van der Waals surface area (Å²) in [4.78, 5) is 12.0. The van der Waals surface area contributed by atoms with E-state index in [1.54, 1.807) is 19.1 Å². The Labute approximate surface area is 132 Å². The standard InChI is InChI=1S/C17H14ClFO3/c1-2-22-16-10-11(9-14(18)17(16)21)3-8-15(20)12-4-6-13(19)7-5-12/h3-10,21H,2H2,1H3. The fourth-order valence-electron chi connectivity index (χ4n) is 1.84. The monoisotopic (exact) mass is 320 g/mol. The van der Waals surface area contributed by atoms with Crippen molar-refractivity contribution in [3.8, 4) is 11.5 Å². The van der Waals surface area contributed by atoms with Crippen LogP contribution in [0.15, 0.2) is 42.5 Å². The summed E-state index contributed by atoms with van der Waals surface area (Å²) >= 11 is 5.91. The predicted molar refractivity (Wildman–Crippen MR) is 84.1 cm³/mol. The molecule has 0 aliphatic rings. The average molecular weight is 321 g/mol. The van der Waals surface area contributed by atoms with Crippen LogP contribution in [0, 0.1) is 5.82 Å². The number of allylic oxidation sites excluding steroid dienone is 1. The molecule has 2 rings (SSSR count). The van der Waals surface area contributed by atoms with Gasteiger partial charge in [-0.3, -0.25) is 4.79 Å². The van der Waals surface area contributed by atoms with Gasteiger partial charge in [0.05, 0.1) is 11.6 Å². The number of hydrogen-bond donors (Lipinski definition) is 1. The minimum absolute atomic E-state index is 0.134. The van der Waals surface area contributed by atoms with Crippen molar-refractivity contribution in [2.24, 2.45) is 0 Å². The number of halogens is 2. The lowest BCUT2D eigenvalue weighted by Gasteiger charge is -2.08. The Hall–Kier alpha value is -2.33. The highest BCUT2D eigenvalue weighted by atomic mass is 35.5. The molecule has 2 aromatic rings. The van der Waals surface area contributed by atoms with Gasteiger partial charge in [-0.15, -0.1) is 0 Å². The minimum Gasteiger partial charge on any atom is -0.503 e. The van der Waals surface area contributed by atoms with Crippen LogP contribution >= 0.6 is 11.6 Å². The van der Waals surface area contributed by atoms with E-state index in [4.69, 9.17) is 16.3 Å². The van der Waals surface area contributed by atoms with E-state index in [9.17, 15) is 14.3 Å². The van der Waals surface area contributed by atoms with Crippen molar-refractivity contribution in [1.82, 2.24) is 0 Å². The first kappa shape index (κ1) is 16.0. The van der Waals surface area contributed by atoms with Crippen molar-refractivity contribution in [2.75, 3.05) is 6.61 Å². The highest BCUT2D eigenvalue weighted by molar-refractivity contribution is 6.32. The zero-order chi connectivity index (χ0) is 16.1. The van der Waals surface area contributed by atoms with Crippen LogP contribution in [0.1, 0.15) is 22.8 Å². The van der Waals surface area contributed by atoms with E-state index >= 15 is 0 Å². The lowest BCUT2D eigenvalue weighted by atomic mass is 10.1. The van der Waals surface area contributed by atoms with E-state index in [1.165, 1.54) is 36.4 Å². The van der Waals surface area contributed by atoms with Gasteiger partial charge in [-0.25, -0.2) is 4.39 Å². The molecule has 0 aliphatic carbocycles. The van der Waals surface area contributed by atoms with Crippen LogP contribution in [0.25, 0.3) is 6.08 Å². The number of hydrogen-bond acceptors (Lipinski definition) is 3. The Morgan fingerprint density at radius 2 is 2.00 bits per heavy atom. The normalized spacial score (nSPS) is 10.9. The molecular formula is C17H14ClFO3. The van der Waals surface area contributed by atoms with Crippen LogP contribution < -0.4 is 4.74 Å². The lowest BCUT2D eigenvalue weighted by Crippen LogP contribution is -1.95. The largest absolute Gasteiger partial charge is 0.503 e. The number of carbonyl (C=O) groups is 1. The third-order valence-corrected chi connectivity index (χ3v) is 3.19. The fraction of sp³-hybridized carbons (Fsp3) is 0.118. The van der Waals surface area contributed by atoms with Crippen LogP contribution in [0.5, 0.6) is 11.5 Å². The molecule has 3 nitrogen and oxygen atoms in total. The van der Waals surface area contributed by atoms with Crippen LogP contribution in [0.2, 0.25) is 5.02 Å². The van der Waals surface area contributed by atoms with Gasteiger partial charge in [0, 0.05) is 5.56 Å². The summed E-state index contributed by atoms with van der Waals surface area (Å²) in [6.07, 6.45) is 2.91. The van der Waals surface area contributed by atoms with E-state index < -0.39 is 5.82 Å². The summed E-state index contributed by atoms with van der Waals surface area (Å²) in [5.74, 6) is -0.538. The van der Waals surface area contributed by atoms with Gasteiger partial charge in [-0.2, -0.15) is 0 Å². The number of phenolic OH excluding ortho intramolecular Hbond substituents is 1. The number of carbonyl (C=O) groups excluding carboxylic acids is 1. The highest BCUT2D eigenvalue weighted by Crippen LogP contribution is 2.35. The van der Waals surface area contributed by atoms with Crippen molar-refractivity contribution >= 4 is 23.5 Å². The molecule has 0 spiro atoms. The Bertz CT molecular complexity index is 709. The topological polar surface area (TPSA) is 46.5 Å². The van der Waals surface area contributed by atoms with E-state index in [1.807, 2.05) is 0 Å².